The van der Waals surface area contributed by atoms with E-state index in [4.69, 9.17) is 11.6 Å². The number of rotatable bonds is 6. The van der Waals surface area contributed by atoms with E-state index in [0.29, 0.717) is 23.3 Å². The molecule has 0 amide bonds. The van der Waals surface area contributed by atoms with E-state index >= 15 is 0 Å². The lowest BCUT2D eigenvalue weighted by Gasteiger charge is -2.11. The first-order valence-corrected chi connectivity index (χ1v) is 8.16. The van der Waals surface area contributed by atoms with Crippen molar-refractivity contribution in [1.82, 2.24) is 24.8 Å². The topological polar surface area (TPSA) is 68.0 Å². The van der Waals surface area contributed by atoms with Gasteiger partial charge in [0, 0.05) is 18.2 Å². The maximum atomic E-state index is 6.18. The van der Waals surface area contributed by atoms with Crippen LogP contribution in [0.2, 0.25) is 5.15 Å². The number of anilines is 1. The lowest BCUT2D eigenvalue weighted by Crippen LogP contribution is -2.08. The van der Waals surface area contributed by atoms with Crippen LogP contribution in [-0.4, -0.2) is 24.8 Å². The van der Waals surface area contributed by atoms with Gasteiger partial charge in [0.15, 0.2) is 11.0 Å². The van der Waals surface area contributed by atoms with Crippen LogP contribution in [0, 0.1) is 0 Å². The van der Waals surface area contributed by atoms with E-state index in [9.17, 15) is 0 Å². The molecule has 0 fully saturated rings. The van der Waals surface area contributed by atoms with Gasteiger partial charge in [0.05, 0.1) is 17.9 Å². The molecule has 0 radical (unpaired) electrons. The lowest BCUT2D eigenvalue weighted by molar-refractivity contribution is 0.582. The highest BCUT2D eigenvalue weighted by molar-refractivity contribution is 6.29. The minimum atomic E-state index is 0.319. The molecule has 1 N–H and O–H groups in total. The second-order valence-electron chi connectivity index (χ2n) is 5.36. The Kier molecular flexibility index (Phi) is 4.71. The zero-order valence-corrected chi connectivity index (χ0v) is 14.0. The molecule has 0 saturated heterocycles. The summed E-state index contributed by atoms with van der Waals surface area (Å²) in [7, 11) is 0. The summed E-state index contributed by atoms with van der Waals surface area (Å²) in [6.07, 6.45) is 3.75. The minimum absolute atomic E-state index is 0.319. The molecule has 0 aliphatic heterocycles. The van der Waals surface area contributed by atoms with Crippen LogP contribution in [0.15, 0.2) is 30.5 Å². The highest BCUT2D eigenvalue weighted by atomic mass is 35.5. The molecule has 120 valence electrons. The van der Waals surface area contributed by atoms with Crippen molar-refractivity contribution in [3.63, 3.8) is 0 Å². The molecule has 7 heteroatoms. The van der Waals surface area contributed by atoms with Crippen molar-refractivity contribution in [3.8, 4) is 0 Å². The standard InChI is InChI=1S/C16H19ClN6/c1-3-11(4-2)15-20-21-16-13(9-14(17)22-23(15)16)19-10-12-7-5-6-8-18-12/h5-9,11,19H,3-4,10H2,1-2H3. The Morgan fingerprint density at radius 3 is 2.74 bits per heavy atom. The summed E-state index contributed by atoms with van der Waals surface area (Å²) >= 11 is 6.18. The number of aromatic nitrogens is 5. The fourth-order valence-corrected chi connectivity index (χ4v) is 2.78. The van der Waals surface area contributed by atoms with Gasteiger partial charge in [0.2, 0.25) is 5.65 Å². The molecule has 3 aromatic rings. The van der Waals surface area contributed by atoms with Gasteiger partial charge in [-0.3, -0.25) is 4.98 Å². The molecular weight excluding hydrogens is 312 g/mol. The van der Waals surface area contributed by atoms with Crippen LogP contribution in [-0.2, 0) is 6.54 Å². The molecule has 0 unspecified atom stereocenters. The molecule has 3 aromatic heterocycles. The molecule has 0 atom stereocenters. The zero-order chi connectivity index (χ0) is 16.2. The number of nitrogens with one attached hydrogen (secondary N) is 1. The van der Waals surface area contributed by atoms with Gasteiger partial charge in [-0.2, -0.15) is 9.61 Å². The first-order valence-electron chi connectivity index (χ1n) is 7.78. The number of pyridine rings is 1. The van der Waals surface area contributed by atoms with Crippen LogP contribution < -0.4 is 5.32 Å². The van der Waals surface area contributed by atoms with Crippen molar-refractivity contribution in [2.45, 2.75) is 39.2 Å². The lowest BCUT2D eigenvalue weighted by atomic mass is 10.0. The highest BCUT2D eigenvalue weighted by Gasteiger charge is 2.18. The van der Waals surface area contributed by atoms with Gasteiger partial charge in [-0.15, -0.1) is 10.2 Å². The molecule has 23 heavy (non-hydrogen) atoms. The van der Waals surface area contributed by atoms with E-state index < -0.39 is 0 Å². The van der Waals surface area contributed by atoms with Crippen LogP contribution >= 0.6 is 11.6 Å². The van der Waals surface area contributed by atoms with Crippen molar-refractivity contribution >= 4 is 22.9 Å². The quantitative estimate of drug-likeness (QED) is 0.746. The van der Waals surface area contributed by atoms with E-state index in [1.807, 2.05) is 18.2 Å². The average Bonchev–Trinajstić information content (AvgIpc) is 2.99. The molecule has 0 aromatic carbocycles. The predicted octanol–water partition coefficient (Wildman–Crippen LogP) is 3.69. The maximum absolute atomic E-state index is 6.18. The SMILES string of the molecule is CCC(CC)c1nnc2c(NCc3ccccn3)cc(Cl)nn12. The fraction of sp³-hybridized carbons (Fsp3) is 0.375. The molecule has 6 nitrogen and oxygen atoms in total. The van der Waals surface area contributed by atoms with Crippen molar-refractivity contribution in [2.75, 3.05) is 5.32 Å². The maximum Gasteiger partial charge on any atom is 0.201 e. The average molecular weight is 331 g/mol. The van der Waals surface area contributed by atoms with Crippen LogP contribution in [0.4, 0.5) is 5.69 Å². The third-order valence-electron chi connectivity index (χ3n) is 3.90. The molecule has 0 spiro atoms. The van der Waals surface area contributed by atoms with Crippen molar-refractivity contribution < 1.29 is 0 Å². The molecule has 0 aliphatic rings. The summed E-state index contributed by atoms with van der Waals surface area (Å²) < 4.78 is 1.75. The van der Waals surface area contributed by atoms with Gasteiger partial charge in [0.25, 0.3) is 0 Å². The second kappa shape index (κ2) is 6.91. The van der Waals surface area contributed by atoms with Crippen molar-refractivity contribution in [2.24, 2.45) is 0 Å². The molecule has 3 heterocycles. The van der Waals surface area contributed by atoms with E-state index in [-0.39, 0.29) is 0 Å². The third-order valence-corrected chi connectivity index (χ3v) is 4.09. The van der Waals surface area contributed by atoms with Crippen LogP contribution in [0.25, 0.3) is 5.65 Å². The Balaban J connectivity index is 1.94. The van der Waals surface area contributed by atoms with Gasteiger partial charge in [-0.05, 0) is 25.0 Å². The van der Waals surface area contributed by atoms with E-state index in [1.165, 1.54) is 0 Å². The van der Waals surface area contributed by atoms with E-state index in [0.717, 1.165) is 30.0 Å². The summed E-state index contributed by atoms with van der Waals surface area (Å²) in [6.45, 7) is 4.87. The number of halogens is 1. The van der Waals surface area contributed by atoms with Crippen molar-refractivity contribution in [3.05, 3.63) is 47.1 Å². The number of hydrogen-bond acceptors (Lipinski definition) is 5. The molecule has 0 bridgehead atoms. The summed E-state index contributed by atoms with van der Waals surface area (Å²) in [5.74, 6) is 1.17. The predicted molar refractivity (Wildman–Crippen MR) is 90.7 cm³/mol. The Morgan fingerprint density at radius 2 is 2.04 bits per heavy atom. The highest BCUT2D eigenvalue weighted by Crippen LogP contribution is 2.25. The molecule has 3 rings (SSSR count). The minimum Gasteiger partial charge on any atom is -0.376 e. The van der Waals surface area contributed by atoms with Gasteiger partial charge in [-0.1, -0.05) is 31.5 Å². The number of nitrogens with zero attached hydrogens (tertiary/aromatic N) is 5. The number of hydrogen-bond donors (Lipinski definition) is 1. The van der Waals surface area contributed by atoms with Gasteiger partial charge >= 0.3 is 0 Å². The van der Waals surface area contributed by atoms with Crippen molar-refractivity contribution in [1.29, 1.82) is 0 Å². The molecular formula is C16H19ClN6. The van der Waals surface area contributed by atoms with Gasteiger partial charge in [0.1, 0.15) is 0 Å². The third kappa shape index (κ3) is 3.27. The van der Waals surface area contributed by atoms with Crippen LogP contribution in [0.1, 0.15) is 44.1 Å². The first kappa shape index (κ1) is 15.7. The van der Waals surface area contributed by atoms with Gasteiger partial charge in [-0.25, -0.2) is 0 Å². The first-order chi connectivity index (χ1) is 11.2. The van der Waals surface area contributed by atoms with E-state index in [1.54, 1.807) is 16.8 Å². The smallest absolute Gasteiger partial charge is 0.201 e. The Morgan fingerprint density at radius 1 is 1.22 bits per heavy atom. The Labute approximate surface area is 139 Å². The van der Waals surface area contributed by atoms with E-state index in [2.05, 4.69) is 39.4 Å². The largest absolute Gasteiger partial charge is 0.376 e. The Bertz CT molecular complexity index is 782. The fourth-order valence-electron chi connectivity index (χ4n) is 2.59. The molecule has 0 aliphatic carbocycles. The second-order valence-corrected chi connectivity index (χ2v) is 5.75. The normalized spacial score (nSPS) is 11.3. The summed E-state index contributed by atoms with van der Waals surface area (Å²) in [6, 6.07) is 7.59. The number of fused-ring (bicyclic) bond motifs is 1. The zero-order valence-electron chi connectivity index (χ0n) is 13.2. The van der Waals surface area contributed by atoms with Crippen LogP contribution in [0.3, 0.4) is 0 Å². The molecule has 0 saturated carbocycles. The summed E-state index contributed by atoms with van der Waals surface area (Å²) in [5.41, 5.74) is 2.44. The van der Waals surface area contributed by atoms with Gasteiger partial charge < -0.3 is 5.32 Å². The van der Waals surface area contributed by atoms with Crippen LogP contribution in [0.5, 0.6) is 0 Å². The summed E-state index contributed by atoms with van der Waals surface area (Å²) in [5, 5.41) is 16.7. The Hall–Kier alpha value is -2.21. The summed E-state index contributed by atoms with van der Waals surface area (Å²) in [4.78, 5) is 4.30. The monoisotopic (exact) mass is 330 g/mol.